The Balaban J connectivity index is 1.71. The molecule has 2 rings (SSSR count). The normalized spacial score (nSPS) is 10.3. The third-order valence-corrected chi connectivity index (χ3v) is 3.82. The molecule has 4 N–H and O–H groups in total. The van der Waals surface area contributed by atoms with Gasteiger partial charge in [0, 0.05) is 12.2 Å². The second kappa shape index (κ2) is 8.45. The molecule has 0 aliphatic heterocycles. The number of carbonyl (C=O) groups excluding carboxylic acids is 1. The molecular formula is C18H22ClN3O2. The van der Waals surface area contributed by atoms with E-state index in [0.29, 0.717) is 36.0 Å². The van der Waals surface area contributed by atoms with Gasteiger partial charge in [0.05, 0.1) is 17.3 Å². The summed E-state index contributed by atoms with van der Waals surface area (Å²) < 4.78 is 5.79. The minimum absolute atomic E-state index is 0.311. The van der Waals surface area contributed by atoms with Gasteiger partial charge in [-0.15, -0.1) is 0 Å². The minimum Gasteiger partial charge on any atom is -0.493 e. The molecule has 0 aliphatic rings. The van der Waals surface area contributed by atoms with Gasteiger partial charge in [-0.2, -0.15) is 0 Å². The third kappa shape index (κ3) is 5.06. The predicted octanol–water partition coefficient (Wildman–Crippen LogP) is 4.13. The molecule has 0 unspecified atom stereocenters. The average Bonchev–Trinajstić information content (AvgIpc) is 2.52. The van der Waals surface area contributed by atoms with Crippen molar-refractivity contribution >= 4 is 29.0 Å². The summed E-state index contributed by atoms with van der Waals surface area (Å²) in [6.07, 6.45) is 0.705. The van der Waals surface area contributed by atoms with Crippen LogP contribution in [0.15, 0.2) is 36.4 Å². The number of halogens is 1. The zero-order chi connectivity index (χ0) is 17.5. The summed E-state index contributed by atoms with van der Waals surface area (Å²) in [4.78, 5) is 11.8. The highest BCUT2D eigenvalue weighted by Crippen LogP contribution is 2.24. The Morgan fingerprint density at radius 3 is 2.58 bits per heavy atom. The van der Waals surface area contributed by atoms with Crippen LogP contribution < -0.4 is 21.1 Å². The molecular weight excluding hydrogens is 326 g/mol. The quantitative estimate of drug-likeness (QED) is 0.543. The van der Waals surface area contributed by atoms with Crippen molar-refractivity contribution in [3.8, 4) is 5.75 Å². The molecule has 0 aliphatic carbocycles. The Bertz CT molecular complexity index is 699. The van der Waals surface area contributed by atoms with E-state index in [1.54, 1.807) is 18.2 Å². The molecule has 0 bridgehead atoms. The Hall–Kier alpha value is -2.40. The fourth-order valence-electron chi connectivity index (χ4n) is 2.27. The van der Waals surface area contributed by atoms with E-state index in [2.05, 4.69) is 10.6 Å². The van der Waals surface area contributed by atoms with E-state index in [1.807, 2.05) is 32.0 Å². The lowest BCUT2D eigenvalue weighted by Crippen LogP contribution is -2.30. The van der Waals surface area contributed by atoms with Crippen molar-refractivity contribution in [2.45, 2.75) is 20.3 Å². The fraction of sp³-hybridized carbons (Fsp3) is 0.278. The SMILES string of the molecule is Cc1cccc(C)c1OCCCNC(=O)Nc1ccc(N)cc1Cl. The van der Waals surface area contributed by atoms with Crippen molar-refractivity contribution in [3.63, 3.8) is 0 Å². The molecule has 5 nitrogen and oxygen atoms in total. The summed E-state index contributed by atoms with van der Waals surface area (Å²) in [5.74, 6) is 0.913. The average molecular weight is 348 g/mol. The zero-order valence-electron chi connectivity index (χ0n) is 13.9. The fourth-order valence-corrected chi connectivity index (χ4v) is 2.51. The topological polar surface area (TPSA) is 76.4 Å². The minimum atomic E-state index is -0.311. The van der Waals surface area contributed by atoms with Crippen LogP contribution in [0.4, 0.5) is 16.2 Å². The van der Waals surface area contributed by atoms with Crippen LogP contribution in [0.25, 0.3) is 0 Å². The van der Waals surface area contributed by atoms with Crippen LogP contribution in [0.5, 0.6) is 5.75 Å². The molecule has 0 saturated carbocycles. The number of amides is 2. The number of nitrogen functional groups attached to an aromatic ring is 1. The Kier molecular flexibility index (Phi) is 6.32. The summed E-state index contributed by atoms with van der Waals surface area (Å²) in [6.45, 7) is 5.08. The highest BCUT2D eigenvalue weighted by Gasteiger charge is 2.06. The van der Waals surface area contributed by atoms with E-state index in [4.69, 9.17) is 22.1 Å². The molecule has 128 valence electrons. The summed E-state index contributed by atoms with van der Waals surface area (Å²) in [5.41, 5.74) is 8.91. The van der Waals surface area contributed by atoms with Gasteiger partial charge in [-0.3, -0.25) is 0 Å². The van der Waals surface area contributed by atoms with Gasteiger partial charge in [-0.1, -0.05) is 29.8 Å². The maximum Gasteiger partial charge on any atom is 0.319 e. The summed E-state index contributed by atoms with van der Waals surface area (Å²) in [6, 6.07) is 10.7. The summed E-state index contributed by atoms with van der Waals surface area (Å²) >= 11 is 6.01. The van der Waals surface area contributed by atoms with Gasteiger partial charge in [0.2, 0.25) is 0 Å². The van der Waals surface area contributed by atoms with Crippen LogP contribution in [-0.2, 0) is 0 Å². The van der Waals surface area contributed by atoms with E-state index in [9.17, 15) is 4.79 Å². The number of para-hydroxylation sites is 1. The van der Waals surface area contributed by atoms with Crippen LogP contribution in [-0.4, -0.2) is 19.2 Å². The van der Waals surface area contributed by atoms with E-state index < -0.39 is 0 Å². The van der Waals surface area contributed by atoms with Gasteiger partial charge >= 0.3 is 6.03 Å². The number of benzene rings is 2. The number of carbonyl (C=O) groups is 1. The van der Waals surface area contributed by atoms with Crippen molar-refractivity contribution in [3.05, 3.63) is 52.5 Å². The number of nitrogens with one attached hydrogen (secondary N) is 2. The van der Waals surface area contributed by atoms with E-state index in [0.717, 1.165) is 16.9 Å². The lowest BCUT2D eigenvalue weighted by atomic mass is 10.1. The van der Waals surface area contributed by atoms with E-state index in [-0.39, 0.29) is 6.03 Å². The molecule has 0 saturated heterocycles. The first-order valence-electron chi connectivity index (χ1n) is 7.76. The number of rotatable bonds is 6. The van der Waals surface area contributed by atoms with Crippen molar-refractivity contribution < 1.29 is 9.53 Å². The van der Waals surface area contributed by atoms with Crippen LogP contribution in [0.3, 0.4) is 0 Å². The molecule has 2 aromatic rings. The van der Waals surface area contributed by atoms with Gasteiger partial charge in [0.1, 0.15) is 5.75 Å². The second-order valence-electron chi connectivity index (χ2n) is 5.54. The Labute approximate surface area is 147 Å². The molecule has 0 fully saturated rings. The van der Waals surface area contributed by atoms with Crippen LogP contribution in [0.2, 0.25) is 5.02 Å². The lowest BCUT2D eigenvalue weighted by Gasteiger charge is -2.12. The standard InChI is InChI=1S/C18H22ClN3O2/c1-12-5-3-6-13(2)17(12)24-10-4-9-21-18(23)22-16-8-7-14(20)11-15(16)19/h3,5-8,11H,4,9-10,20H2,1-2H3,(H2,21,22,23). The van der Waals surface area contributed by atoms with Crippen molar-refractivity contribution in [1.82, 2.24) is 5.32 Å². The summed E-state index contributed by atoms with van der Waals surface area (Å²) in [7, 11) is 0. The van der Waals surface area contributed by atoms with Crippen LogP contribution in [0, 0.1) is 13.8 Å². The molecule has 0 radical (unpaired) electrons. The molecule has 0 atom stereocenters. The van der Waals surface area contributed by atoms with E-state index >= 15 is 0 Å². The molecule has 2 amide bonds. The third-order valence-electron chi connectivity index (χ3n) is 3.50. The van der Waals surface area contributed by atoms with Crippen molar-refractivity contribution in [2.75, 3.05) is 24.2 Å². The Morgan fingerprint density at radius 2 is 1.92 bits per heavy atom. The van der Waals surface area contributed by atoms with Gasteiger partial charge in [0.25, 0.3) is 0 Å². The number of hydrogen-bond donors (Lipinski definition) is 3. The highest BCUT2D eigenvalue weighted by molar-refractivity contribution is 6.34. The maximum atomic E-state index is 11.8. The number of anilines is 2. The van der Waals surface area contributed by atoms with Gasteiger partial charge < -0.3 is 21.1 Å². The maximum absolute atomic E-state index is 11.8. The van der Waals surface area contributed by atoms with Crippen LogP contribution >= 0.6 is 11.6 Å². The first-order chi connectivity index (χ1) is 11.5. The van der Waals surface area contributed by atoms with Crippen molar-refractivity contribution in [2.24, 2.45) is 0 Å². The molecule has 6 heteroatoms. The highest BCUT2D eigenvalue weighted by atomic mass is 35.5. The number of nitrogens with two attached hydrogens (primary N) is 1. The molecule has 24 heavy (non-hydrogen) atoms. The first-order valence-corrected chi connectivity index (χ1v) is 8.14. The van der Waals surface area contributed by atoms with Gasteiger partial charge in [-0.05, 0) is 49.6 Å². The van der Waals surface area contributed by atoms with Crippen LogP contribution in [0.1, 0.15) is 17.5 Å². The molecule has 0 aromatic heterocycles. The largest absolute Gasteiger partial charge is 0.493 e. The smallest absolute Gasteiger partial charge is 0.319 e. The molecule has 0 heterocycles. The zero-order valence-corrected chi connectivity index (χ0v) is 14.6. The number of aryl methyl sites for hydroxylation is 2. The Morgan fingerprint density at radius 1 is 1.21 bits per heavy atom. The van der Waals surface area contributed by atoms with Gasteiger partial charge in [0.15, 0.2) is 0 Å². The van der Waals surface area contributed by atoms with Crippen molar-refractivity contribution in [1.29, 1.82) is 0 Å². The lowest BCUT2D eigenvalue weighted by molar-refractivity contribution is 0.250. The van der Waals surface area contributed by atoms with Gasteiger partial charge in [-0.25, -0.2) is 4.79 Å². The number of hydrogen-bond acceptors (Lipinski definition) is 3. The summed E-state index contributed by atoms with van der Waals surface area (Å²) in [5, 5.41) is 5.86. The predicted molar refractivity (Wildman–Crippen MR) is 98.9 cm³/mol. The first kappa shape index (κ1) is 17.9. The molecule has 0 spiro atoms. The number of urea groups is 1. The monoisotopic (exact) mass is 347 g/mol. The molecule has 2 aromatic carbocycles. The number of ether oxygens (including phenoxy) is 1. The second-order valence-corrected chi connectivity index (χ2v) is 5.95. The van der Waals surface area contributed by atoms with E-state index in [1.165, 1.54) is 0 Å².